The number of Topliss-reactive ketones (excluding diaryl/α,β-unsaturated/α-hetero) is 1. The molecule has 0 unspecified atom stereocenters. The second kappa shape index (κ2) is 28.8. The number of ketones is 1. The summed E-state index contributed by atoms with van der Waals surface area (Å²) in [4.78, 5) is 63.9. The molecule has 22 nitrogen and oxygen atoms in total. The summed E-state index contributed by atoms with van der Waals surface area (Å²) in [7, 11) is -3.49. The van der Waals surface area contributed by atoms with Crippen LogP contribution in [-0.4, -0.2) is 121 Å². The van der Waals surface area contributed by atoms with Crippen molar-refractivity contribution in [3.8, 4) is 56.7 Å². The van der Waals surface area contributed by atoms with Crippen LogP contribution in [0.4, 0.5) is 28.9 Å². The highest BCUT2D eigenvalue weighted by Crippen LogP contribution is 2.44. The van der Waals surface area contributed by atoms with Crippen molar-refractivity contribution in [2.45, 2.75) is 39.3 Å². The Labute approximate surface area is 554 Å². The van der Waals surface area contributed by atoms with Gasteiger partial charge in [-0.25, -0.2) is 44.4 Å². The molecule has 2 aliphatic rings. The molecule has 28 heteroatoms. The molecule has 0 saturated carbocycles. The first kappa shape index (κ1) is 69.3. The van der Waals surface area contributed by atoms with E-state index in [2.05, 4.69) is 34.8 Å². The molecule has 6 heterocycles. The number of pyridine rings is 2. The molecule has 1 saturated heterocycles. The van der Waals surface area contributed by atoms with Gasteiger partial charge in [0, 0.05) is 72.7 Å². The largest absolute Gasteiger partial charge is 0.505 e. The quantitative estimate of drug-likeness (QED) is 0.0599. The number of benzene rings is 6. The van der Waals surface area contributed by atoms with Gasteiger partial charge < -0.3 is 43.5 Å². The number of amides is 3. The predicted molar refractivity (Wildman–Crippen MR) is 352 cm³/mol. The first-order valence-electron chi connectivity index (χ1n) is 29.7. The second-order valence-corrected chi connectivity index (χ2v) is 26.3. The highest BCUT2D eigenvalue weighted by atomic mass is 32.2. The molecule has 1 fully saturated rings. The third kappa shape index (κ3) is 15.1. The number of anilines is 2. The van der Waals surface area contributed by atoms with Gasteiger partial charge in [0.1, 0.15) is 51.7 Å². The van der Waals surface area contributed by atoms with Crippen molar-refractivity contribution in [2.24, 2.45) is 0 Å². The Morgan fingerprint density at radius 2 is 1.05 bits per heavy atom. The van der Waals surface area contributed by atoms with Crippen LogP contribution >= 0.6 is 0 Å². The maximum absolute atomic E-state index is 13.8. The Hall–Kier alpha value is -10.5. The van der Waals surface area contributed by atoms with Gasteiger partial charge in [-0.2, -0.15) is 0 Å². The van der Waals surface area contributed by atoms with E-state index in [1.165, 1.54) is 141 Å². The van der Waals surface area contributed by atoms with E-state index in [4.69, 9.17) is 13.6 Å². The fourth-order valence-electron chi connectivity index (χ4n) is 10.5. The summed E-state index contributed by atoms with van der Waals surface area (Å²) in [6.45, 7) is 6.25. The van der Waals surface area contributed by atoms with Crippen molar-refractivity contribution in [2.75, 3.05) is 69.4 Å². The van der Waals surface area contributed by atoms with E-state index in [1.54, 1.807) is 51.1 Å². The summed E-state index contributed by atoms with van der Waals surface area (Å²) in [5, 5.41) is 16.6. The maximum Gasteiger partial charge on any atom is 0.279 e. The lowest BCUT2D eigenvalue weighted by molar-refractivity contribution is -0.247. The molecule has 0 spiro atoms. The Morgan fingerprint density at radius 1 is 0.608 bits per heavy atom. The van der Waals surface area contributed by atoms with Crippen molar-refractivity contribution < 1.29 is 86.5 Å². The van der Waals surface area contributed by atoms with Crippen molar-refractivity contribution >= 4 is 76.9 Å². The first-order chi connectivity index (χ1) is 46.1. The smallest absolute Gasteiger partial charge is 0.279 e. The number of ether oxygens (including phenoxy) is 4. The van der Waals surface area contributed by atoms with E-state index in [-0.39, 0.29) is 98.2 Å². The summed E-state index contributed by atoms with van der Waals surface area (Å²) in [5.74, 6) is -3.52. The molecule has 2 aliphatic heterocycles. The van der Waals surface area contributed by atoms with Crippen molar-refractivity contribution in [1.82, 2.24) is 25.5 Å². The van der Waals surface area contributed by atoms with Crippen LogP contribution in [0.15, 0.2) is 154 Å². The van der Waals surface area contributed by atoms with Crippen LogP contribution in [0.3, 0.4) is 0 Å². The van der Waals surface area contributed by atoms with Crippen LogP contribution in [0.25, 0.3) is 67.1 Å². The minimum absolute atomic E-state index is 0.00909. The van der Waals surface area contributed by atoms with E-state index in [0.29, 0.717) is 59.0 Å². The number of carbonyl (C=O) groups is 4. The maximum atomic E-state index is 13.8. The molecule has 3 amide bonds. The summed E-state index contributed by atoms with van der Waals surface area (Å²) in [5.41, 5.74) is 3.79. The zero-order chi connectivity index (χ0) is 69.8. The van der Waals surface area contributed by atoms with Gasteiger partial charge in [0.25, 0.3) is 17.7 Å². The van der Waals surface area contributed by atoms with Crippen molar-refractivity contribution in [1.29, 1.82) is 0 Å². The Morgan fingerprint density at radius 3 is 1.52 bits per heavy atom. The fraction of sp³-hybridized carbons (Fsp3) is 0.217. The lowest BCUT2D eigenvalue weighted by Gasteiger charge is -2.33. The second-order valence-electron chi connectivity index (χ2n) is 22.3. The number of nitrogens with one attached hydrogen (secondary N) is 2. The summed E-state index contributed by atoms with van der Waals surface area (Å²) < 4.78 is 139. The van der Waals surface area contributed by atoms with Crippen LogP contribution in [0.1, 0.15) is 92.1 Å². The molecule has 12 rings (SSSR count). The number of aromatic nitrogens is 2. The fourth-order valence-corrected chi connectivity index (χ4v) is 11.5. The molecule has 6 aromatic carbocycles. The zero-order valence-corrected chi connectivity index (χ0v) is 54.9. The minimum atomic E-state index is -3.83. The lowest BCUT2D eigenvalue weighted by Crippen LogP contribution is -2.41. The number of rotatable bonds is 16. The number of sulfonamides is 2. The van der Waals surface area contributed by atoms with E-state index in [0.717, 1.165) is 21.1 Å². The minimum Gasteiger partial charge on any atom is -0.505 e. The monoisotopic (exact) mass is 1370 g/mol. The predicted octanol–water partition coefficient (Wildman–Crippen LogP) is 12.3. The van der Waals surface area contributed by atoms with E-state index >= 15 is 0 Å². The molecule has 3 N–H and O–H groups in total. The van der Waals surface area contributed by atoms with Crippen LogP contribution in [0.5, 0.6) is 11.5 Å². The van der Waals surface area contributed by atoms with Gasteiger partial charge in [0.15, 0.2) is 50.0 Å². The number of nitrogens with zero attached hydrogens (tertiary/aromatic N) is 5. The van der Waals surface area contributed by atoms with Gasteiger partial charge in [-0.15, -0.1) is 0 Å². The highest BCUT2D eigenvalue weighted by Gasteiger charge is 2.34. The van der Waals surface area contributed by atoms with E-state index < -0.39 is 78.9 Å². The van der Waals surface area contributed by atoms with Crippen LogP contribution < -0.4 is 24.0 Å². The normalized spacial score (nSPS) is 13.6. The molecule has 2 atom stereocenters. The third-order valence-electron chi connectivity index (χ3n) is 15.9. The molecular formula is C69H63F4N7O15S2. The Kier molecular flexibility index (Phi) is 20.6. The van der Waals surface area contributed by atoms with Gasteiger partial charge in [0.2, 0.25) is 20.0 Å². The van der Waals surface area contributed by atoms with Gasteiger partial charge in [-0.3, -0.25) is 32.7 Å². The number of furan rings is 2. The van der Waals surface area contributed by atoms with Gasteiger partial charge in [-0.05, 0) is 134 Å². The molecule has 0 radical (unpaired) electrons. The number of hydrogen-bond acceptors (Lipinski definition) is 17. The number of halogens is 4. The molecule has 4 aromatic heterocycles. The number of fused-ring (bicyclic) bond motifs is 3. The van der Waals surface area contributed by atoms with Crippen LogP contribution in [0, 0.1) is 23.3 Å². The summed E-state index contributed by atoms with van der Waals surface area (Å²) >= 11 is 0. The van der Waals surface area contributed by atoms with Gasteiger partial charge >= 0.3 is 0 Å². The van der Waals surface area contributed by atoms with Gasteiger partial charge in [-0.1, -0.05) is 31.2 Å². The molecule has 0 bridgehead atoms. The number of aromatic hydroxyl groups is 1. The Bertz CT molecular complexity index is 4870. The molecule has 0 aliphatic carbocycles. The van der Waals surface area contributed by atoms with E-state index in [9.17, 15) is 58.7 Å². The molecule has 97 heavy (non-hydrogen) atoms. The third-order valence-corrected chi connectivity index (χ3v) is 18.3. The van der Waals surface area contributed by atoms with Gasteiger partial charge in [0.05, 0.1) is 58.5 Å². The zero-order valence-electron chi connectivity index (χ0n) is 53.3. The summed E-state index contributed by atoms with van der Waals surface area (Å²) in [6.07, 6.45) is 2.20. The average Bonchev–Trinajstić information content (AvgIpc) is 1.67. The summed E-state index contributed by atoms with van der Waals surface area (Å²) in [6, 6.07) is 33.1. The lowest BCUT2D eigenvalue weighted by atomic mass is 9.97. The van der Waals surface area contributed by atoms with Crippen molar-refractivity contribution in [3.05, 3.63) is 203 Å². The van der Waals surface area contributed by atoms with E-state index in [1.807, 2.05) is 0 Å². The SMILES string of the molecule is C1OCOCO1.CCC(=O)c1c(-c2ccc(F)cc2)oc2cc(N(C)S(C)(=O)=O)c(-c3ccc4c(n3)C(=O)N([C@H](C)c3ccc(F)cc3)CO4)cc12.CNC(=O)c1c(-c2ccc(F)cc2)oc2cc(N(C)S(C)(=O)=O)c(-c3ccc(O)c(C(=O)N[C@H](C)c4ccc(F)cc4)n3)cc12. The highest BCUT2D eigenvalue weighted by molar-refractivity contribution is 7.92. The van der Waals surface area contributed by atoms with Crippen molar-refractivity contribution in [3.63, 3.8) is 0 Å². The molecule has 504 valence electrons. The first-order valence-corrected chi connectivity index (χ1v) is 33.4. The van der Waals surface area contributed by atoms with Crippen LogP contribution in [0.2, 0.25) is 0 Å². The Balaban J connectivity index is 0.000000194. The number of hydrogen-bond donors (Lipinski definition) is 3. The standard InChI is InChI=1S/C34H29F2N3O6S.C32H28F2N4O6S.C3H6O3/c1-5-28(40)31-25-16-24(27(38(3)46(4,42)43)17-30(25)45-33(31)21-8-12-23(36)13-9-21)26-14-15-29-32(37-26)34(41)39(18-44-29)19(2)20-6-10-22(35)11-7-20;1-17(18-5-9-20(33)10-6-18)36-32(41)29-26(39)14-13-24(37-29)22-15-23-27(16-25(22)38(3)45(4,42)43)44-30(28(23)31(40)35-2)19-7-11-21(34)12-8-19;1-4-2-6-3-5-1/h6-17,19H,5,18H2,1-4H3;5-17,39H,1-4H3,(H,35,40)(H,36,41);1-3H2/t19-;17-;/m11./s1. The average molecular weight is 1370 g/mol. The van der Waals surface area contributed by atoms with Crippen LogP contribution in [-0.2, 0) is 34.3 Å². The molecule has 10 aromatic rings. The number of carbonyl (C=O) groups excluding carboxylic acids is 4. The molecular weight excluding hydrogens is 1310 g/mol. The topological polar surface area (TPSA) is 280 Å².